The van der Waals surface area contributed by atoms with Crippen LogP contribution in [-0.4, -0.2) is 72.0 Å². The van der Waals surface area contributed by atoms with Gasteiger partial charge in [0.1, 0.15) is 16.9 Å². The molecule has 0 aliphatic carbocycles. The number of methoxy groups -OCH3 is 1. The number of likely N-dealkylation sites (tertiary alicyclic amines) is 1. The van der Waals surface area contributed by atoms with E-state index >= 15 is 0 Å². The lowest BCUT2D eigenvalue weighted by molar-refractivity contribution is -0.134. The monoisotopic (exact) mass is 597 g/mol. The van der Waals surface area contributed by atoms with E-state index in [1.165, 1.54) is 0 Å². The van der Waals surface area contributed by atoms with E-state index in [4.69, 9.17) is 9.47 Å². The highest BCUT2D eigenvalue weighted by Crippen LogP contribution is 2.40. The van der Waals surface area contributed by atoms with Crippen LogP contribution in [0.4, 0.5) is 5.69 Å². The van der Waals surface area contributed by atoms with Crippen LogP contribution in [0.2, 0.25) is 0 Å². The van der Waals surface area contributed by atoms with Crippen molar-refractivity contribution in [1.82, 2.24) is 9.80 Å². The molecule has 0 bridgehead atoms. The smallest absolute Gasteiger partial charge is 0.338 e. The maximum atomic E-state index is 14.2. The summed E-state index contributed by atoms with van der Waals surface area (Å²) in [4.78, 5) is 46.1. The lowest BCUT2D eigenvalue weighted by Gasteiger charge is -2.43. The van der Waals surface area contributed by atoms with Crippen LogP contribution in [0, 0.1) is 0 Å². The molecule has 0 atom stereocenters. The van der Waals surface area contributed by atoms with Gasteiger partial charge in [-0.05, 0) is 101 Å². The average molecular weight is 598 g/mol. The van der Waals surface area contributed by atoms with Gasteiger partial charge in [-0.2, -0.15) is 0 Å². The third-order valence-corrected chi connectivity index (χ3v) is 8.49. The van der Waals surface area contributed by atoms with Gasteiger partial charge >= 0.3 is 5.97 Å². The quantitative estimate of drug-likeness (QED) is 0.211. The number of ketones is 1. The van der Waals surface area contributed by atoms with Crippen molar-refractivity contribution in [1.29, 1.82) is 0 Å². The normalized spacial score (nSPS) is 16.8. The summed E-state index contributed by atoms with van der Waals surface area (Å²) in [5.74, 6) is 0.627. The van der Waals surface area contributed by atoms with Crippen molar-refractivity contribution in [3.63, 3.8) is 0 Å². The predicted molar refractivity (Wildman–Crippen MR) is 171 cm³/mol. The highest BCUT2D eigenvalue weighted by Gasteiger charge is 2.53. The Hall–Kier alpha value is -4.17. The van der Waals surface area contributed by atoms with E-state index < -0.39 is 11.1 Å². The number of nitrogens with zero attached hydrogens (tertiary/aromatic N) is 3. The first-order chi connectivity index (χ1) is 21.1. The maximum absolute atomic E-state index is 14.2. The second kappa shape index (κ2) is 13.2. The number of carbonyl (C=O) groups excluding carboxylic acids is 3. The minimum atomic E-state index is -0.625. The minimum absolute atomic E-state index is 0.123. The number of esters is 1. The Morgan fingerprint density at radius 2 is 1.59 bits per heavy atom. The van der Waals surface area contributed by atoms with E-state index in [1.807, 2.05) is 86.3 Å². The van der Waals surface area contributed by atoms with Gasteiger partial charge in [-0.3, -0.25) is 9.59 Å². The first kappa shape index (κ1) is 31.3. The molecular weight excluding hydrogens is 554 g/mol. The summed E-state index contributed by atoms with van der Waals surface area (Å²) in [6.07, 6.45) is 2.68. The average Bonchev–Trinajstić information content (AvgIpc) is 3.28. The predicted octanol–water partition coefficient (Wildman–Crippen LogP) is 5.95. The summed E-state index contributed by atoms with van der Waals surface area (Å²) in [5, 5.41) is 0. The Balaban J connectivity index is 1.24. The fourth-order valence-corrected chi connectivity index (χ4v) is 6.21. The number of hydrogen-bond acceptors (Lipinski definition) is 7. The number of ether oxygens (including phenoxy) is 2. The van der Waals surface area contributed by atoms with E-state index in [0.717, 1.165) is 43.1 Å². The molecule has 232 valence electrons. The van der Waals surface area contributed by atoms with Gasteiger partial charge in [0.2, 0.25) is 5.91 Å². The summed E-state index contributed by atoms with van der Waals surface area (Å²) in [6.45, 7) is 8.84. The summed E-state index contributed by atoms with van der Waals surface area (Å²) in [7, 11) is 1.61. The van der Waals surface area contributed by atoms with Crippen molar-refractivity contribution >= 4 is 23.3 Å². The van der Waals surface area contributed by atoms with Crippen molar-refractivity contribution in [2.24, 2.45) is 0 Å². The summed E-state index contributed by atoms with van der Waals surface area (Å²) in [6, 6.07) is 24.8. The molecule has 0 radical (unpaired) electrons. The molecule has 8 heteroatoms. The van der Waals surface area contributed by atoms with E-state index in [2.05, 4.69) is 21.9 Å². The number of Topliss-reactive ketones (excluding diaryl/α,β-unsaturated/α-hetero) is 1. The number of rotatable bonds is 10. The molecule has 0 saturated carbocycles. The number of piperidine rings is 1. The lowest BCUT2D eigenvalue weighted by Crippen LogP contribution is -2.56. The first-order valence-electron chi connectivity index (χ1n) is 15.4. The first-order valence-corrected chi connectivity index (χ1v) is 15.4. The van der Waals surface area contributed by atoms with Crippen molar-refractivity contribution in [2.45, 2.75) is 64.1 Å². The Morgan fingerprint density at radius 3 is 2.25 bits per heavy atom. The van der Waals surface area contributed by atoms with Gasteiger partial charge < -0.3 is 24.2 Å². The van der Waals surface area contributed by atoms with Gasteiger partial charge in [0, 0.05) is 37.3 Å². The number of para-hydroxylation sites is 1. The molecule has 3 aromatic rings. The fraction of sp³-hybridized carbons (Fsp3) is 0.417. The molecular formula is C36H43N3O5. The highest BCUT2D eigenvalue weighted by atomic mass is 16.6. The number of carbonyl (C=O) groups is 3. The molecule has 3 aromatic carbocycles. The number of benzene rings is 3. The zero-order chi connectivity index (χ0) is 31.3. The molecule has 2 saturated heterocycles. The molecule has 1 amide bonds. The van der Waals surface area contributed by atoms with Crippen LogP contribution in [0.5, 0.6) is 5.75 Å². The summed E-state index contributed by atoms with van der Waals surface area (Å²) < 4.78 is 10.8. The standard InChI is InChI=1S/C36H43N3O5/c1-35(2,3)44-33(41)29-11-8-10-27(24-29)25-38-26-39(30-12-6-5-7-13-30)36(34(38)42)19-22-37(23-20-36)21-9-14-32(40)28-15-17-31(43-4)18-16-28/h5-8,10-13,15-18,24H,9,14,19-23,25-26H2,1-4H3. The van der Waals surface area contributed by atoms with Crippen LogP contribution in [0.25, 0.3) is 0 Å². The SMILES string of the molecule is COc1ccc(C(=O)CCCN2CCC3(CC2)C(=O)N(Cc2cccc(C(=O)OC(C)(C)C)c2)CN3c2ccccc2)cc1. The van der Waals surface area contributed by atoms with E-state index in [-0.39, 0.29) is 17.7 Å². The summed E-state index contributed by atoms with van der Waals surface area (Å²) >= 11 is 0. The molecule has 44 heavy (non-hydrogen) atoms. The van der Waals surface area contributed by atoms with Crippen molar-refractivity contribution in [3.05, 3.63) is 95.6 Å². The van der Waals surface area contributed by atoms with Gasteiger partial charge in [-0.25, -0.2) is 4.79 Å². The van der Waals surface area contributed by atoms with Crippen LogP contribution in [-0.2, 0) is 16.1 Å². The number of amides is 1. The lowest BCUT2D eigenvalue weighted by atomic mass is 9.85. The van der Waals surface area contributed by atoms with Crippen molar-refractivity contribution in [2.75, 3.05) is 38.3 Å². The molecule has 8 nitrogen and oxygen atoms in total. The molecule has 0 N–H and O–H groups in total. The van der Waals surface area contributed by atoms with Gasteiger partial charge in [-0.1, -0.05) is 30.3 Å². The van der Waals surface area contributed by atoms with E-state index in [0.29, 0.717) is 43.6 Å². The Morgan fingerprint density at radius 1 is 0.886 bits per heavy atom. The van der Waals surface area contributed by atoms with E-state index in [9.17, 15) is 14.4 Å². The van der Waals surface area contributed by atoms with Crippen LogP contribution in [0.3, 0.4) is 0 Å². The van der Waals surface area contributed by atoms with Crippen molar-refractivity contribution in [3.8, 4) is 5.75 Å². The molecule has 1 spiro atoms. The Bertz CT molecular complexity index is 1460. The zero-order valence-electron chi connectivity index (χ0n) is 26.3. The number of hydrogen-bond donors (Lipinski definition) is 0. The van der Waals surface area contributed by atoms with Crippen LogP contribution in [0.1, 0.15) is 72.7 Å². The molecule has 2 heterocycles. The second-order valence-electron chi connectivity index (χ2n) is 12.7. The third kappa shape index (κ3) is 7.13. The Labute approximate surface area is 260 Å². The third-order valence-electron chi connectivity index (χ3n) is 8.49. The van der Waals surface area contributed by atoms with Gasteiger partial charge in [0.25, 0.3) is 0 Å². The molecule has 2 fully saturated rings. The van der Waals surface area contributed by atoms with E-state index in [1.54, 1.807) is 13.2 Å². The number of anilines is 1. The minimum Gasteiger partial charge on any atom is -0.497 e. The topological polar surface area (TPSA) is 79.4 Å². The van der Waals surface area contributed by atoms with Gasteiger partial charge in [0.15, 0.2) is 5.78 Å². The molecule has 5 rings (SSSR count). The van der Waals surface area contributed by atoms with Gasteiger partial charge in [0.05, 0.1) is 19.3 Å². The highest BCUT2D eigenvalue weighted by molar-refractivity contribution is 5.96. The zero-order valence-corrected chi connectivity index (χ0v) is 26.3. The van der Waals surface area contributed by atoms with Crippen LogP contribution in [0.15, 0.2) is 78.9 Å². The fourth-order valence-electron chi connectivity index (χ4n) is 6.21. The molecule has 0 unspecified atom stereocenters. The van der Waals surface area contributed by atoms with Gasteiger partial charge in [-0.15, -0.1) is 0 Å². The van der Waals surface area contributed by atoms with Crippen molar-refractivity contribution < 1.29 is 23.9 Å². The maximum Gasteiger partial charge on any atom is 0.338 e. The Kier molecular flexibility index (Phi) is 9.39. The molecule has 2 aliphatic rings. The second-order valence-corrected chi connectivity index (χ2v) is 12.7. The van der Waals surface area contributed by atoms with Crippen LogP contribution < -0.4 is 9.64 Å². The largest absolute Gasteiger partial charge is 0.497 e. The molecule has 0 aromatic heterocycles. The molecule has 2 aliphatic heterocycles. The summed E-state index contributed by atoms with van der Waals surface area (Å²) in [5.41, 5.74) is 1.91. The van der Waals surface area contributed by atoms with Crippen LogP contribution >= 0.6 is 0 Å².